The minimum Gasteiger partial charge on any atom is -0.503 e. The molecular formula is C21H18ClF3O4. The van der Waals surface area contributed by atoms with Gasteiger partial charge in [0, 0.05) is 0 Å². The van der Waals surface area contributed by atoms with Crippen molar-refractivity contribution in [2.75, 3.05) is 20.8 Å². The van der Waals surface area contributed by atoms with E-state index in [0.717, 1.165) is 12.1 Å². The van der Waals surface area contributed by atoms with Crippen LogP contribution in [0.15, 0.2) is 54.8 Å². The molecule has 0 saturated carbocycles. The molecule has 0 spiro atoms. The maximum absolute atomic E-state index is 12.7. The number of hydrogen-bond donors (Lipinski definition) is 0. The molecule has 0 atom stereocenters. The number of hydrogen-bond acceptors (Lipinski definition) is 4. The van der Waals surface area contributed by atoms with Crippen LogP contribution in [0, 0.1) is 0 Å². The lowest BCUT2D eigenvalue weighted by atomic mass is 10.0. The summed E-state index contributed by atoms with van der Waals surface area (Å²) < 4.78 is 53.2. The molecule has 0 aliphatic heterocycles. The number of carbonyl (C=O) groups excluding carboxylic acids is 1. The van der Waals surface area contributed by atoms with E-state index in [0.29, 0.717) is 11.1 Å². The molecule has 0 N–H and O–H groups in total. The lowest BCUT2D eigenvalue weighted by Gasteiger charge is -2.11. The Bertz CT molecular complexity index is 920. The van der Waals surface area contributed by atoms with Crippen LogP contribution in [0.3, 0.4) is 0 Å². The van der Waals surface area contributed by atoms with Crippen LogP contribution >= 0.6 is 11.6 Å². The van der Waals surface area contributed by atoms with Crippen molar-refractivity contribution < 1.29 is 32.2 Å². The third-order valence-corrected chi connectivity index (χ3v) is 4.08. The summed E-state index contributed by atoms with van der Waals surface area (Å²) in [6, 6.07) is 9.95. The standard InChI is InChI=1S/C21H18ClF3O4/c1-27-13-17(20(26)28-2)16-8-4-3-6-14(16)7-5-11-29-19-10-9-15(12-18(19)22)21(23,24)25/h3-10,12-13H,11H2,1-2H3/b7-5+,17-13+. The third kappa shape index (κ3) is 6.02. The predicted molar refractivity (Wildman–Crippen MR) is 104 cm³/mol. The van der Waals surface area contributed by atoms with Crippen molar-refractivity contribution in [3.8, 4) is 5.75 Å². The first-order valence-electron chi connectivity index (χ1n) is 8.34. The molecule has 0 aromatic heterocycles. The molecule has 0 unspecified atom stereocenters. The Labute approximate surface area is 171 Å². The Balaban J connectivity index is 2.14. The van der Waals surface area contributed by atoms with Crippen molar-refractivity contribution >= 4 is 29.2 Å². The Morgan fingerprint density at radius 3 is 2.48 bits per heavy atom. The average Bonchev–Trinajstić information content (AvgIpc) is 2.69. The summed E-state index contributed by atoms with van der Waals surface area (Å²) in [7, 11) is 2.69. The van der Waals surface area contributed by atoms with E-state index in [9.17, 15) is 18.0 Å². The summed E-state index contributed by atoms with van der Waals surface area (Å²) in [5, 5.41) is -0.135. The number of benzene rings is 2. The van der Waals surface area contributed by atoms with Gasteiger partial charge >= 0.3 is 12.1 Å². The van der Waals surface area contributed by atoms with E-state index in [4.69, 9.17) is 25.8 Å². The second-order valence-corrected chi connectivity index (χ2v) is 6.11. The highest BCUT2D eigenvalue weighted by molar-refractivity contribution is 6.32. The van der Waals surface area contributed by atoms with Gasteiger partial charge in [0.15, 0.2) is 0 Å². The quantitative estimate of drug-likeness (QED) is 0.328. The van der Waals surface area contributed by atoms with Crippen LogP contribution in [0.1, 0.15) is 16.7 Å². The van der Waals surface area contributed by atoms with E-state index in [-0.39, 0.29) is 23.0 Å². The Kier molecular flexibility index (Phi) is 7.73. The summed E-state index contributed by atoms with van der Waals surface area (Å²) in [6.45, 7) is 0.0565. The van der Waals surface area contributed by atoms with Crippen LogP contribution in [0.4, 0.5) is 13.2 Å². The van der Waals surface area contributed by atoms with Crippen LogP contribution in [0.25, 0.3) is 11.6 Å². The maximum Gasteiger partial charge on any atom is 0.416 e. The zero-order chi connectivity index (χ0) is 21.4. The molecule has 0 aliphatic carbocycles. The van der Waals surface area contributed by atoms with Gasteiger partial charge in [0.2, 0.25) is 0 Å². The summed E-state index contributed by atoms with van der Waals surface area (Å²) in [4.78, 5) is 12.0. The lowest BCUT2D eigenvalue weighted by Crippen LogP contribution is -2.06. The van der Waals surface area contributed by atoms with Gasteiger partial charge in [0.05, 0.1) is 31.1 Å². The van der Waals surface area contributed by atoms with Gasteiger partial charge < -0.3 is 14.2 Å². The maximum atomic E-state index is 12.7. The Morgan fingerprint density at radius 2 is 1.86 bits per heavy atom. The normalized spacial score (nSPS) is 12.1. The van der Waals surface area contributed by atoms with E-state index in [1.165, 1.54) is 26.5 Å². The Hall–Kier alpha value is -2.93. The lowest BCUT2D eigenvalue weighted by molar-refractivity contribution is -0.137. The molecule has 0 saturated heterocycles. The molecule has 0 heterocycles. The number of rotatable bonds is 7. The molecule has 2 aromatic carbocycles. The highest BCUT2D eigenvalue weighted by Crippen LogP contribution is 2.34. The SMILES string of the molecule is CO/C=C(/C(=O)OC)c1ccccc1/C=C/COc1ccc(C(F)(F)F)cc1Cl. The molecule has 0 radical (unpaired) electrons. The molecule has 2 aromatic rings. The van der Waals surface area contributed by atoms with Crippen molar-refractivity contribution in [3.05, 3.63) is 76.5 Å². The molecule has 0 fully saturated rings. The highest BCUT2D eigenvalue weighted by atomic mass is 35.5. The van der Waals surface area contributed by atoms with Gasteiger partial charge in [-0.3, -0.25) is 0 Å². The first-order valence-corrected chi connectivity index (χ1v) is 8.72. The molecule has 4 nitrogen and oxygen atoms in total. The number of esters is 1. The van der Waals surface area contributed by atoms with Crippen LogP contribution in [0.2, 0.25) is 5.02 Å². The van der Waals surface area contributed by atoms with Crippen molar-refractivity contribution in [3.63, 3.8) is 0 Å². The van der Waals surface area contributed by atoms with Gasteiger partial charge in [-0.05, 0) is 35.4 Å². The van der Waals surface area contributed by atoms with Gasteiger partial charge in [-0.15, -0.1) is 0 Å². The van der Waals surface area contributed by atoms with Crippen LogP contribution in [-0.2, 0) is 20.4 Å². The average molecular weight is 427 g/mol. The van der Waals surface area contributed by atoms with Crippen LogP contribution in [-0.4, -0.2) is 26.8 Å². The Morgan fingerprint density at radius 1 is 1.14 bits per heavy atom. The highest BCUT2D eigenvalue weighted by Gasteiger charge is 2.31. The zero-order valence-electron chi connectivity index (χ0n) is 15.6. The molecule has 2 rings (SSSR count). The number of alkyl halides is 3. The molecule has 8 heteroatoms. The number of methoxy groups -OCH3 is 2. The van der Waals surface area contributed by atoms with Crippen LogP contribution in [0.5, 0.6) is 5.75 Å². The van der Waals surface area contributed by atoms with Crippen molar-refractivity contribution in [1.82, 2.24) is 0 Å². The molecular weight excluding hydrogens is 409 g/mol. The van der Waals surface area contributed by atoms with E-state index < -0.39 is 17.7 Å². The fourth-order valence-corrected chi connectivity index (χ4v) is 2.68. The largest absolute Gasteiger partial charge is 0.503 e. The first kappa shape index (κ1) is 22.4. The zero-order valence-corrected chi connectivity index (χ0v) is 16.4. The second kappa shape index (κ2) is 10.0. The minimum atomic E-state index is -4.47. The first-order chi connectivity index (χ1) is 13.8. The predicted octanol–water partition coefficient (Wildman–Crippen LogP) is 5.61. The molecule has 29 heavy (non-hydrogen) atoms. The number of halogens is 4. The van der Waals surface area contributed by atoms with Crippen molar-refractivity contribution in [2.24, 2.45) is 0 Å². The molecule has 0 amide bonds. The van der Waals surface area contributed by atoms with Crippen LogP contribution < -0.4 is 4.74 Å². The second-order valence-electron chi connectivity index (χ2n) is 5.70. The van der Waals surface area contributed by atoms with Gasteiger partial charge in [0.1, 0.15) is 17.9 Å². The minimum absolute atomic E-state index is 0.0565. The van der Waals surface area contributed by atoms with E-state index in [2.05, 4.69) is 0 Å². The third-order valence-electron chi connectivity index (χ3n) is 3.78. The molecule has 0 bridgehead atoms. The molecule has 154 valence electrons. The summed E-state index contributed by atoms with van der Waals surface area (Å²) >= 11 is 5.86. The number of carbonyl (C=O) groups is 1. The fourth-order valence-electron chi connectivity index (χ4n) is 2.44. The summed E-state index contributed by atoms with van der Waals surface area (Å²) in [6.07, 6.45) is 0.171. The smallest absolute Gasteiger partial charge is 0.416 e. The van der Waals surface area contributed by atoms with Crippen molar-refractivity contribution in [2.45, 2.75) is 6.18 Å². The summed E-state index contributed by atoms with van der Waals surface area (Å²) in [5.41, 5.74) is 0.676. The van der Waals surface area contributed by atoms with Gasteiger partial charge in [-0.25, -0.2) is 4.79 Å². The van der Waals surface area contributed by atoms with E-state index >= 15 is 0 Å². The van der Waals surface area contributed by atoms with Crippen molar-refractivity contribution in [1.29, 1.82) is 0 Å². The van der Waals surface area contributed by atoms with E-state index in [1.807, 2.05) is 0 Å². The van der Waals surface area contributed by atoms with Gasteiger partial charge in [-0.2, -0.15) is 13.2 Å². The molecule has 0 aliphatic rings. The summed E-state index contributed by atoms with van der Waals surface area (Å²) in [5.74, 6) is -0.424. The number of ether oxygens (including phenoxy) is 3. The van der Waals surface area contributed by atoms with Gasteiger partial charge in [-0.1, -0.05) is 41.9 Å². The monoisotopic (exact) mass is 426 g/mol. The van der Waals surface area contributed by atoms with E-state index in [1.54, 1.807) is 36.4 Å². The fraction of sp³-hybridized carbons (Fsp3) is 0.190. The van der Waals surface area contributed by atoms with Gasteiger partial charge in [0.25, 0.3) is 0 Å². The topological polar surface area (TPSA) is 44.8 Å².